The molecule has 10 heteroatoms. The molecule has 9 nitrogen and oxygen atoms in total. The fourth-order valence-corrected chi connectivity index (χ4v) is 5.99. The lowest BCUT2D eigenvalue weighted by Gasteiger charge is -2.15. The Kier molecular flexibility index (Phi) is 40.2. The zero-order chi connectivity index (χ0) is 41.8. The maximum atomic E-state index is 12.1. The van der Waals surface area contributed by atoms with E-state index in [1.54, 1.807) is 0 Å². The van der Waals surface area contributed by atoms with Crippen LogP contribution in [0.5, 0.6) is 0 Å². The van der Waals surface area contributed by atoms with E-state index in [1.165, 1.54) is 25.7 Å². The van der Waals surface area contributed by atoms with Crippen molar-refractivity contribution in [2.75, 3.05) is 26.4 Å². The predicted molar refractivity (Wildman–Crippen MR) is 238 cm³/mol. The van der Waals surface area contributed by atoms with Gasteiger partial charge >= 0.3 is 13.8 Å². The molecule has 2 unspecified atom stereocenters. The lowest BCUT2D eigenvalue weighted by atomic mass is 10.1. The molecule has 0 heterocycles. The van der Waals surface area contributed by atoms with Crippen molar-refractivity contribution >= 4 is 19.7 Å². The number of esters is 1. The predicted octanol–water partition coefficient (Wildman–Crippen LogP) is 12.2. The summed E-state index contributed by atoms with van der Waals surface area (Å²) in [4.78, 5) is 33.9. The molecule has 0 radical (unpaired) electrons. The van der Waals surface area contributed by atoms with Crippen molar-refractivity contribution in [2.45, 2.75) is 161 Å². The van der Waals surface area contributed by atoms with Gasteiger partial charge in [0.2, 0.25) is 5.91 Å². The van der Waals surface area contributed by atoms with Crippen molar-refractivity contribution in [1.82, 2.24) is 5.32 Å². The van der Waals surface area contributed by atoms with Crippen LogP contribution in [0, 0.1) is 0 Å². The first-order valence-corrected chi connectivity index (χ1v) is 23.2. The number of carbonyl (C=O) groups excluding carboxylic acids is 2. The molecule has 0 aliphatic heterocycles. The largest absolute Gasteiger partial charge is 0.472 e. The van der Waals surface area contributed by atoms with Crippen LogP contribution >= 0.6 is 7.82 Å². The standard InChI is InChI=1S/C47H78NO8P/c1-3-5-7-9-11-13-15-17-19-20-21-22-23-24-26-28-30-32-34-36-38-40-47(51)54-43-45(49)44-56-57(52,53)55-42-41-48-46(50)39-37-35-33-31-29-27-25-18-16-14-12-10-8-6-4-2/h5,7,11-14,17-19,21-22,24-26,30,32,45,49H,3-4,6,8-10,15-16,20,23,27-29,31,33-44H2,1-2H3,(H,48,50)(H,52,53)/b7-5-,13-11-,14-12-,19-17-,22-21-,25-18-,26-24-,32-30-. The molecule has 0 fully saturated rings. The molecule has 0 aliphatic carbocycles. The van der Waals surface area contributed by atoms with E-state index in [4.69, 9.17) is 13.8 Å². The molecule has 2 atom stereocenters. The average Bonchev–Trinajstić information content (AvgIpc) is 3.20. The summed E-state index contributed by atoms with van der Waals surface area (Å²) in [6.07, 6.45) is 54.8. The van der Waals surface area contributed by atoms with E-state index in [1.807, 2.05) is 0 Å². The fourth-order valence-electron chi connectivity index (χ4n) is 5.23. The highest BCUT2D eigenvalue weighted by molar-refractivity contribution is 7.47. The minimum atomic E-state index is -4.44. The van der Waals surface area contributed by atoms with Crippen molar-refractivity contribution < 1.29 is 37.9 Å². The van der Waals surface area contributed by atoms with Crippen molar-refractivity contribution in [2.24, 2.45) is 0 Å². The van der Waals surface area contributed by atoms with E-state index in [0.29, 0.717) is 12.8 Å². The summed E-state index contributed by atoms with van der Waals surface area (Å²) in [5.41, 5.74) is 0. The third-order valence-electron chi connectivity index (χ3n) is 8.50. The minimum absolute atomic E-state index is 0.0628. The zero-order valence-electron chi connectivity index (χ0n) is 35.5. The topological polar surface area (TPSA) is 131 Å². The van der Waals surface area contributed by atoms with Gasteiger partial charge in [-0.1, -0.05) is 143 Å². The number of allylic oxidation sites excluding steroid dienone is 16. The van der Waals surface area contributed by atoms with Crippen LogP contribution in [0.2, 0.25) is 0 Å². The number of ether oxygens (including phenoxy) is 1. The summed E-state index contributed by atoms with van der Waals surface area (Å²) >= 11 is 0. The number of hydrogen-bond donors (Lipinski definition) is 3. The Labute approximate surface area is 346 Å². The summed E-state index contributed by atoms with van der Waals surface area (Å²) in [7, 11) is -4.44. The van der Waals surface area contributed by atoms with Crippen LogP contribution in [-0.2, 0) is 27.9 Å². The molecule has 0 saturated heterocycles. The number of phosphoric acid groups is 1. The number of carbonyl (C=O) groups is 2. The van der Waals surface area contributed by atoms with E-state index in [2.05, 4.69) is 116 Å². The Morgan fingerprint density at radius 2 is 1.00 bits per heavy atom. The van der Waals surface area contributed by atoms with Crippen LogP contribution in [0.15, 0.2) is 97.2 Å². The van der Waals surface area contributed by atoms with Gasteiger partial charge in [-0.15, -0.1) is 0 Å². The van der Waals surface area contributed by atoms with Crippen LogP contribution in [0.4, 0.5) is 0 Å². The number of unbranched alkanes of at least 4 members (excludes halogenated alkanes) is 10. The van der Waals surface area contributed by atoms with Crippen LogP contribution < -0.4 is 5.32 Å². The van der Waals surface area contributed by atoms with Gasteiger partial charge < -0.3 is 20.1 Å². The SMILES string of the molecule is CC/C=C\C/C=C\C/C=C\C/C=C\C/C=C\C/C=C\CCCCC(=O)OCC(O)COP(=O)(O)OCCNC(=O)CCCCCCC/C=C\C/C=C\CCCCC. The van der Waals surface area contributed by atoms with Gasteiger partial charge in [-0.2, -0.15) is 0 Å². The van der Waals surface area contributed by atoms with Crippen LogP contribution in [0.25, 0.3) is 0 Å². The number of phosphoric ester groups is 1. The summed E-state index contributed by atoms with van der Waals surface area (Å²) in [6, 6.07) is 0. The Balaban J connectivity index is 3.73. The van der Waals surface area contributed by atoms with E-state index in [-0.39, 0.29) is 32.1 Å². The van der Waals surface area contributed by atoms with Crippen molar-refractivity contribution in [1.29, 1.82) is 0 Å². The third kappa shape index (κ3) is 43.9. The first kappa shape index (κ1) is 53.9. The lowest BCUT2D eigenvalue weighted by Crippen LogP contribution is -2.27. The second-order valence-electron chi connectivity index (χ2n) is 13.9. The molecule has 0 rings (SSSR count). The normalized spacial score (nSPS) is 14.2. The fraction of sp³-hybridized carbons (Fsp3) is 0.617. The molecule has 0 aromatic carbocycles. The third-order valence-corrected chi connectivity index (χ3v) is 9.48. The van der Waals surface area contributed by atoms with Crippen LogP contribution in [0.1, 0.15) is 155 Å². The minimum Gasteiger partial charge on any atom is -0.463 e. The van der Waals surface area contributed by atoms with Gasteiger partial charge in [0.25, 0.3) is 0 Å². The number of aliphatic hydroxyl groups excluding tert-OH is 1. The lowest BCUT2D eigenvalue weighted by molar-refractivity contribution is -0.147. The average molecular weight is 816 g/mol. The molecule has 0 spiro atoms. The molecule has 0 aromatic heterocycles. The van der Waals surface area contributed by atoms with Crippen molar-refractivity contribution in [3.05, 3.63) is 97.2 Å². The smallest absolute Gasteiger partial charge is 0.463 e. The molecule has 0 bridgehead atoms. The molecular formula is C47H78NO8P. The second kappa shape index (κ2) is 42.5. The Morgan fingerprint density at radius 3 is 1.53 bits per heavy atom. The number of hydrogen-bond acceptors (Lipinski definition) is 7. The van der Waals surface area contributed by atoms with Gasteiger partial charge in [0.15, 0.2) is 0 Å². The maximum Gasteiger partial charge on any atom is 0.472 e. The molecule has 0 aliphatic rings. The molecule has 0 saturated carbocycles. The summed E-state index contributed by atoms with van der Waals surface area (Å²) < 4.78 is 26.8. The zero-order valence-corrected chi connectivity index (χ0v) is 36.4. The number of amides is 1. The molecule has 57 heavy (non-hydrogen) atoms. The van der Waals surface area contributed by atoms with Gasteiger partial charge in [0.1, 0.15) is 12.7 Å². The van der Waals surface area contributed by atoms with Crippen LogP contribution in [0.3, 0.4) is 0 Å². The van der Waals surface area contributed by atoms with Gasteiger partial charge in [-0.25, -0.2) is 4.57 Å². The monoisotopic (exact) mass is 816 g/mol. The first-order valence-electron chi connectivity index (χ1n) is 21.7. The number of rotatable bonds is 39. The van der Waals surface area contributed by atoms with Crippen molar-refractivity contribution in [3.63, 3.8) is 0 Å². The summed E-state index contributed by atoms with van der Waals surface area (Å²) in [5, 5.41) is 12.7. The summed E-state index contributed by atoms with van der Waals surface area (Å²) in [5.74, 6) is -0.584. The number of aliphatic hydroxyl groups is 1. The van der Waals surface area contributed by atoms with E-state index in [9.17, 15) is 24.2 Å². The van der Waals surface area contributed by atoms with Gasteiger partial charge in [0, 0.05) is 19.4 Å². The van der Waals surface area contributed by atoms with Gasteiger partial charge in [0.05, 0.1) is 13.2 Å². The Bertz CT molecular complexity index is 1250. The Morgan fingerprint density at radius 1 is 0.561 bits per heavy atom. The van der Waals surface area contributed by atoms with Crippen LogP contribution in [-0.4, -0.2) is 54.3 Å². The molecule has 324 valence electrons. The molecule has 1 amide bonds. The highest BCUT2D eigenvalue weighted by Gasteiger charge is 2.23. The number of nitrogens with one attached hydrogen (secondary N) is 1. The maximum absolute atomic E-state index is 12.1. The quantitative estimate of drug-likeness (QED) is 0.0242. The first-order chi connectivity index (χ1) is 27.8. The highest BCUT2D eigenvalue weighted by Crippen LogP contribution is 2.42. The van der Waals surface area contributed by atoms with Crippen molar-refractivity contribution in [3.8, 4) is 0 Å². The van der Waals surface area contributed by atoms with E-state index < -0.39 is 26.5 Å². The highest BCUT2D eigenvalue weighted by atomic mass is 31.2. The van der Waals surface area contributed by atoms with Gasteiger partial charge in [-0.3, -0.25) is 18.6 Å². The van der Waals surface area contributed by atoms with E-state index >= 15 is 0 Å². The van der Waals surface area contributed by atoms with Gasteiger partial charge in [-0.05, 0) is 96.3 Å². The van der Waals surface area contributed by atoms with E-state index in [0.717, 1.165) is 96.3 Å². The Hall–Kier alpha value is -3.07. The molecule has 0 aromatic rings. The molecule has 3 N–H and O–H groups in total. The molecular weight excluding hydrogens is 737 g/mol. The second-order valence-corrected chi connectivity index (χ2v) is 15.4. The summed E-state index contributed by atoms with van der Waals surface area (Å²) in [6.45, 7) is 3.32.